The van der Waals surface area contributed by atoms with Crippen molar-refractivity contribution in [2.24, 2.45) is 17.8 Å². The van der Waals surface area contributed by atoms with E-state index in [1.165, 1.54) is 19.3 Å². The second kappa shape index (κ2) is 9.65. The first-order valence-corrected chi connectivity index (χ1v) is 11.8. The van der Waals surface area contributed by atoms with Crippen molar-refractivity contribution in [3.63, 3.8) is 0 Å². The van der Waals surface area contributed by atoms with Gasteiger partial charge in [-0.25, -0.2) is 4.79 Å². The van der Waals surface area contributed by atoms with E-state index in [-0.39, 0.29) is 6.03 Å². The fourth-order valence-corrected chi connectivity index (χ4v) is 6.00. The molecule has 4 atom stereocenters. The van der Waals surface area contributed by atoms with E-state index < -0.39 is 0 Å². The standard InChI is InChI=1S/C22H38N4O3/c1-16-13-20-18(14-21(27)26(20)8-7-25-9-11-29-12-10-25)19(16)15-23-22(28)24-17-5-3-2-4-6-17/h16-20H,2-15H2,1H3,(H2,23,24,28)/t16-,18-,19+,20+/m0/s1. The smallest absolute Gasteiger partial charge is 0.315 e. The Balaban J connectivity index is 1.25. The van der Waals surface area contributed by atoms with Crippen LogP contribution in [0.5, 0.6) is 0 Å². The zero-order valence-corrected chi connectivity index (χ0v) is 17.9. The number of carbonyl (C=O) groups excluding carboxylic acids is 2. The first kappa shape index (κ1) is 20.9. The average Bonchev–Trinajstić information content (AvgIpc) is 3.19. The number of rotatable bonds is 6. The molecule has 0 aromatic rings. The molecule has 7 nitrogen and oxygen atoms in total. The molecule has 164 valence electrons. The van der Waals surface area contributed by atoms with Crippen LogP contribution in [0.4, 0.5) is 4.79 Å². The Morgan fingerprint density at radius 2 is 1.90 bits per heavy atom. The van der Waals surface area contributed by atoms with Crippen LogP contribution in [0.3, 0.4) is 0 Å². The molecule has 0 aromatic carbocycles. The molecular formula is C22H38N4O3. The summed E-state index contributed by atoms with van der Waals surface area (Å²) in [6.07, 6.45) is 7.64. The first-order valence-electron chi connectivity index (χ1n) is 11.8. The van der Waals surface area contributed by atoms with E-state index in [0.29, 0.717) is 48.7 Å². The molecule has 0 aromatic heterocycles. The summed E-state index contributed by atoms with van der Waals surface area (Å²) < 4.78 is 5.42. The summed E-state index contributed by atoms with van der Waals surface area (Å²) in [5.41, 5.74) is 0. The molecule has 2 aliphatic carbocycles. The summed E-state index contributed by atoms with van der Waals surface area (Å²) in [6, 6.07) is 0.661. The fraction of sp³-hybridized carbons (Fsp3) is 0.909. The van der Waals surface area contributed by atoms with Crippen molar-refractivity contribution in [1.82, 2.24) is 20.4 Å². The number of morpholine rings is 1. The van der Waals surface area contributed by atoms with Gasteiger partial charge in [0.2, 0.25) is 5.91 Å². The lowest BCUT2D eigenvalue weighted by atomic mass is 9.88. The molecule has 0 spiro atoms. The monoisotopic (exact) mass is 406 g/mol. The van der Waals surface area contributed by atoms with Crippen molar-refractivity contribution in [2.75, 3.05) is 45.9 Å². The van der Waals surface area contributed by atoms with E-state index in [9.17, 15) is 9.59 Å². The van der Waals surface area contributed by atoms with E-state index in [2.05, 4.69) is 27.4 Å². The van der Waals surface area contributed by atoms with Crippen LogP contribution in [-0.4, -0.2) is 79.8 Å². The molecule has 2 heterocycles. The maximum atomic E-state index is 12.7. The topological polar surface area (TPSA) is 73.9 Å². The fourth-order valence-electron chi connectivity index (χ4n) is 6.00. The van der Waals surface area contributed by atoms with E-state index in [4.69, 9.17) is 4.74 Å². The van der Waals surface area contributed by atoms with Crippen molar-refractivity contribution in [3.05, 3.63) is 0 Å². The lowest BCUT2D eigenvalue weighted by Crippen LogP contribution is -2.45. The van der Waals surface area contributed by atoms with Gasteiger partial charge in [-0.2, -0.15) is 0 Å². The van der Waals surface area contributed by atoms with Gasteiger partial charge in [-0.1, -0.05) is 26.2 Å². The molecule has 4 rings (SSSR count). The van der Waals surface area contributed by atoms with Gasteiger partial charge in [0.1, 0.15) is 0 Å². The first-order chi connectivity index (χ1) is 14.1. The van der Waals surface area contributed by atoms with Gasteiger partial charge in [0.25, 0.3) is 0 Å². The van der Waals surface area contributed by atoms with Gasteiger partial charge in [-0.3, -0.25) is 9.69 Å². The number of likely N-dealkylation sites (tertiary alicyclic amines) is 1. The molecule has 0 unspecified atom stereocenters. The summed E-state index contributed by atoms with van der Waals surface area (Å²) >= 11 is 0. The van der Waals surface area contributed by atoms with Gasteiger partial charge in [0.05, 0.1) is 13.2 Å². The minimum absolute atomic E-state index is 0.0268. The quantitative estimate of drug-likeness (QED) is 0.706. The second-order valence-electron chi connectivity index (χ2n) is 9.54. The van der Waals surface area contributed by atoms with E-state index in [1.54, 1.807) is 0 Å². The third-order valence-corrected chi connectivity index (χ3v) is 7.72. The van der Waals surface area contributed by atoms with Gasteiger partial charge in [0, 0.05) is 51.2 Å². The number of nitrogens with zero attached hydrogens (tertiary/aromatic N) is 2. The number of fused-ring (bicyclic) bond motifs is 1. The number of amides is 3. The highest BCUT2D eigenvalue weighted by molar-refractivity contribution is 5.79. The van der Waals surface area contributed by atoms with Crippen LogP contribution in [0.15, 0.2) is 0 Å². The van der Waals surface area contributed by atoms with Crippen LogP contribution in [0.2, 0.25) is 0 Å². The van der Waals surface area contributed by atoms with Gasteiger partial charge < -0.3 is 20.3 Å². The Bertz CT molecular complexity index is 574. The summed E-state index contributed by atoms with van der Waals surface area (Å²) in [6.45, 7) is 8.28. The van der Waals surface area contributed by atoms with Crippen LogP contribution in [0.25, 0.3) is 0 Å². The maximum absolute atomic E-state index is 12.7. The van der Waals surface area contributed by atoms with Crippen molar-refractivity contribution in [3.8, 4) is 0 Å². The molecule has 2 N–H and O–H groups in total. The number of carbonyl (C=O) groups is 2. The van der Waals surface area contributed by atoms with Crippen LogP contribution in [0, 0.1) is 17.8 Å². The van der Waals surface area contributed by atoms with Gasteiger partial charge in [0.15, 0.2) is 0 Å². The zero-order valence-electron chi connectivity index (χ0n) is 17.9. The van der Waals surface area contributed by atoms with Gasteiger partial charge in [-0.05, 0) is 37.0 Å². The summed E-state index contributed by atoms with van der Waals surface area (Å²) in [5.74, 6) is 1.63. The highest BCUT2D eigenvalue weighted by Crippen LogP contribution is 2.45. The Labute approximate surface area is 174 Å². The van der Waals surface area contributed by atoms with E-state index in [0.717, 1.165) is 58.7 Å². The van der Waals surface area contributed by atoms with Crippen molar-refractivity contribution in [2.45, 2.75) is 64.0 Å². The average molecular weight is 407 g/mol. The Morgan fingerprint density at radius 1 is 1.14 bits per heavy atom. The number of urea groups is 1. The number of hydrogen-bond donors (Lipinski definition) is 2. The van der Waals surface area contributed by atoms with Gasteiger partial charge in [-0.15, -0.1) is 0 Å². The lowest BCUT2D eigenvalue weighted by Gasteiger charge is -2.31. The zero-order chi connectivity index (χ0) is 20.2. The molecule has 0 bridgehead atoms. The number of hydrogen-bond acceptors (Lipinski definition) is 4. The van der Waals surface area contributed by atoms with Crippen LogP contribution >= 0.6 is 0 Å². The molecule has 2 saturated carbocycles. The number of nitrogens with one attached hydrogen (secondary N) is 2. The Morgan fingerprint density at radius 3 is 2.66 bits per heavy atom. The maximum Gasteiger partial charge on any atom is 0.315 e. The van der Waals surface area contributed by atoms with Crippen LogP contribution in [0.1, 0.15) is 51.9 Å². The normalized spacial score (nSPS) is 33.7. The van der Waals surface area contributed by atoms with E-state index >= 15 is 0 Å². The third-order valence-electron chi connectivity index (χ3n) is 7.72. The Kier molecular flexibility index (Phi) is 6.96. The van der Waals surface area contributed by atoms with Crippen molar-refractivity contribution < 1.29 is 14.3 Å². The minimum Gasteiger partial charge on any atom is -0.379 e. The number of ether oxygens (including phenoxy) is 1. The van der Waals surface area contributed by atoms with Crippen molar-refractivity contribution in [1.29, 1.82) is 0 Å². The van der Waals surface area contributed by atoms with Gasteiger partial charge >= 0.3 is 6.03 Å². The minimum atomic E-state index is -0.0268. The molecule has 7 heteroatoms. The molecule has 0 radical (unpaired) electrons. The molecule has 2 aliphatic heterocycles. The van der Waals surface area contributed by atoms with E-state index in [1.807, 2.05) is 0 Å². The lowest BCUT2D eigenvalue weighted by molar-refractivity contribution is -0.129. The van der Waals surface area contributed by atoms with Crippen LogP contribution < -0.4 is 10.6 Å². The second-order valence-corrected chi connectivity index (χ2v) is 9.54. The summed E-state index contributed by atoms with van der Waals surface area (Å²) in [4.78, 5) is 29.6. The Hall–Kier alpha value is -1.34. The third kappa shape index (κ3) is 5.05. The predicted octanol–water partition coefficient (Wildman–Crippen LogP) is 1.82. The molecule has 3 amide bonds. The molecule has 4 aliphatic rings. The molecule has 29 heavy (non-hydrogen) atoms. The molecule has 4 fully saturated rings. The molecular weight excluding hydrogens is 368 g/mol. The summed E-state index contributed by atoms with van der Waals surface area (Å²) in [7, 11) is 0. The summed E-state index contributed by atoms with van der Waals surface area (Å²) in [5, 5.41) is 6.27. The largest absolute Gasteiger partial charge is 0.379 e. The highest BCUT2D eigenvalue weighted by atomic mass is 16.5. The van der Waals surface area contributed by atoms with Crippen LogP contribution in [-0.2, 0) is 9.53 Å². The predicted molar refractivity (Wildman–Crippen MR) is 112 cm³/mol. The SMILES string of the molecule is C[C@H]1C[C@@H]2[C@@H](CC(=O)N2CCN2CCOCC2)[C@@H]1CNC(=O)NC1CCCCC1. The van der Waals surface area contributed by atoms with Crippen molar-refractivity contribution >= 4 is 11.9 Å². The molecule has 2 saturated heterocycles. The highest BCUT2D eigenvalue weighted by Gasteiger charge is 2.50.